The molecule has 2 N–H and O–H groups in total. The van der Waals surface area contributed by atoms with Crippen molar-refractivity contribution in [3.63, 3.8) is 0 Å². The lowest BCUT2D eigenvalue weighted by Crippen LogP contribution is -2.40. The van der Waals surface area contributed by atoms with Gasteiger partial charge in [-0.1, -0.05) is 36.2 Å². The maximum Gasteiger partial charge on any atom is 0.234 e. The largest absolute Gasteiger partial charge is 0.487 e. The molecule has 1 aromatic heterocycles. The number of amides is 2. The smallest absolute Gasteiger partial charge is 0.234 e. The summed E-state index contributed by atoms with van der Waals surface area (Å²) in [5.74, 6) is 0.567. The third kappa shape index (κ3) is 5.28. The van der Waals surface area contributed by atoms with Gasteiger partial charge in [0, 0.05) is 35.7 Å². The minimum atomic E-state index is -0.298. The molecule has 172 valence electrons. The molecule has 2 atom stereocenters. The van der Waals surface area contributed by atoms with E-state index in [4.69, 9.17) is 21.6 Å². The predicted octanol–water partition coefficient (Wildman–Crippen LogP) is 4.64. The summed E-state index contributed by atoms with van der Waals surface area (Å²) in [4.78, 5) is 29.0. The fraction of sp³-hybridized carbons (Fsp3) is 0.440. The lowest BCUT2D eigenvalue weighted by atomic mass is 9.85. The van der Waals surface area contributed by atoms with Crippen LogP contribution >= 0.6 is 11.6 Å². The number of para-hydroxylation sites is 1. The summed E-state index contributed by atoms with van der Waals surface area (Å²) in [7, 11) is 0. The van der Waals surface area contributed by atoms with Crippen molar-refractivity contribution in [3.8, 4) is 22.9 Å². The van der Waals surface area contributed by atoms with Gasteiger partial charge in [-0.05, 0) is 44.7 Å². The van der Waals surface area contributed by atoms with Gasteiger partial charge in [-0.2, -0.15) is 5.26 Å². The van der Waals surface area contributed by atoms with Crippen LogP contribution in [0.25, 0.3) is 11.1 Å². The van der Waals surface area contributed by atoms with Crippen LogP contribution in [0.2, 0.25) is 5.02 Å². The summed E-state index contributed by atoms with van der Waals surface area (Å²) in [5, 5.41) is 14.9. The molecular weight excluding hydrogens is 440 g/mol. The maximum atomic E-state index is 13.0. The Morgan fingerprint density at radius 1 is 1.30 bits per heavy atom. The Hall–Kier alpha value is -3.11. The van der Waals surface area contributed by atoms with Gasteiger partial charge in [0.15, 0.2) is 0 Å². The summed E-state index contributed by atoms with van der Waals surface area (Å²) in [6.07, 6.45) is 5.10. The summed E-state index contributed by atoms with van der Waals surface area (Å²) >= 11 is 6.49. The minimum absolute atomic E-state index is 0.100. The zero-order valence-electron chi connectivity index (χ0n) is 18.8. The van der Waals surface area contributed by atoms with Gasteiger partial charge in [0.2, 0.25) is 11.8 Å². The van der Waals surface area contributed by atoms with Crippen LogP contribution in [-0.2, 0) is 16.0 Å². The van der Waals surface area contributed by atoms with E-state index in [0.717, 1.165) is 48.1 Å². The minimum Gasteiger partial charge on any atom is -0.487 e. The first kappa shape index (κ1) is 23.1. The first-order chi connectivity index (χ1) is 15.8. The molecule has 0 radical (unpaired) electrons. The number of halogens is 1. The summed E-state index contributed by atoms with van der Waals surface area (Å²) in [6.45, 7) is 4.10. The number of nitrogens with zero attached hydrogens (tertiary/aromatic N) is 2. The topological polar surface area (TPSA) is 104 Å². The number of benzene rings is 1. The number of nitriles is 1. The molecule has 1 fully saturated rings. The van der Waals surface area contributed by atoms with Crippen LogP contribution in [0.5, 0.6) is 5.75 Å². The van der Waals surface area contributed by atoms with E-state index in [-0.39, 0.29) is 35.8 Å². The number of aromatic nitrogens is 1. The zero-order valence-corrected chi connectivity index (χ0v) is 19.5. The monoisotopic (exact) mass is 466 g/mol. The SMILES string of the molecule is CC1(C)Cc2cccc(-c3cc(NC(=O)C4CCCC(NC(=O)CC#N)C4)ncc3Cl)c2O1. The number of ether oxygens (including phenoxy) is 1. The van der Waals surface area contributed by atoms with Crippen LogP contribution in [-0.4, -0.2) is 28.4 Å². The Labute approximate surface area is 198 Å². The molecule has 1 saturated carbocycles. The van der Waals surface area contributed by atoms with Crippen molar-refractivity contribution in [1.82, 2.24) is 10.3 Å². The summed E-state index contributed by atoms with van der Waals surface area (Å²) in [5.41, 5.74) is 2.47. The number of anilines is 1. The Morgan fingerprint density at radius 2 is 2.12 bits per heavy atom. The molecule has 7 nitrogen and oxygen atoms in total. The van der Waals surface area contributed by atoms with Crippen molar-refractivity contribution < 1.29 is 14.3 Å². The molecule has 8 heteroatoms. The third-order valence-electron chi connectivity index (χ3n) is 6.14. The van der Waals surface area contributed by atoms with E-state index < -0.39 is 0 Å². The number of hydrogen-bond acceptors (Lipinski definition) is 5. The third-order valence-corrected chi connectivity index (χ3v) is 6.44. The highest BCUT2D eigenvalue weighted by atomic mass is 35.5. The van der Waals surface area contributed by atoms with Gasteiger partial charge in [0.1, 0.15) is 23.6 Å². The number of nitrogens with one attached hydrogen (secondary N) is 2. The van der Waals surface area contributed by atoms with Crippen molar-refractivity contribution in [2.45, 2.75) is 64.0 Å². The molecule has 0 spiro atoms. The molecule has 33 heavy (non-hydrogen) atoms. The van der Waals surface area contributed by atoms with Gasteiger partial charge >= 0.3 is 0 Å². The number of rotatable bonds is 5. The number of pyridine rings is 1. The molecule has 2 unspecified atom stereocenters. The average Bonchev–Trinajstić information content (AvgIpc) is 3.09. The summed E-state index contributed by atoms with van der Waals surface area (Å²) in [6, 6.07) is 9.52. The van der Waals surface area contributed by atoms with Gasteiger partial charge in [-0.15, -0.1) is 0 Å². The molecule has 0 bridgehead atoms. The highest BCUT2D eigenvalue weighted by Gasteiger charge is 2.32. The van der Waals surface area contributed by atoms with Crippen LogP contribution in [0.15, 0.2) is 30.5 Å². The molecule has 2 aromatic rings. The fourth-order valence-electron chi connectivity index (χ4n) is 4.68. The molecule has 1 aliphatic carbocycles. The van der Waals surface area contributed by atoms with Crippen LogP contribution in [0.3, 0.4) is 0 Å². The number of carbonyl (C=O) groups excluding carboxylic acids is 2. The van der Waals surface area contributed by atoms with E-state index in [0.29, 0.717) is 17.3 Å². The molecule has 2 amide bonds. The van der Waals surface area contributed by atoms with Crippen LogP contribution in [0.4, 0.5) is 5.82 Å². The first-order valence-electron chi connectivity index (χ1n) is 11.2. The second-order valence-electron chi connectivity index (χ2n) is 9.33. The predicted molar refractivity (Wildman–Crippen MR) is 126 cm³/mol. The van der Waals surface area contributed by atoms with Gasteiger partial charge < -0.3 is 15.4 Å². The van der Waals surface area contributed by atoms with Crippen LogP contribution in [0, 0.1) is 17.2 Å². The lowest BCUT2D eigenvalue weighted by molar-refractivity contribution is -0.124. The molecule has 2 heterocycles. The Kier molecular flexibility index (Phi) is 6.57. The van der Waals surface area contributed by atoms with Crippen LogP contribution < -0.4 is 15.4 Å². The highest BCUT2D eigenvalue weighted by Crippen LogP contribution is 2.44. The van der Waals surface area contributed by atoms with Crippen molar-refractivity contribution in [2.75, 3.05) is 5.32 Å². The van der Waals surface area contributed by atoms with E-state index in [1.807, 2.05) is 18.2 Å². The van der Waals surface area contributed by atoms with Crippen molar-refractivity contribution in [2.24, 2.45) is 5.92 Å². The lowest BCUT2D eigenvalue weighted by Gasteiger charge is -2.28. The van der Waals surface area contributed by atoms with Crippen molar-refractivity contribution in [3.05, 3.63) is 41.0 Å². The maximum absolute atomic E-state index is 13.0. The van der Waals surface area contributed by atoms with Gasteiger partial charge in [-0.25, -0.2) is 4.98 Å². The van der Waals surface area contributed by atoms with Crippen molar-refractivity contribution >= 4 is 29.2 Å². The van der Waals surface area contributed by atoms with Gasteiger partial charge in [0.25, 0.3) is 0 Å². The Balaban J connectivity index is 1.49. The first-order valence-corrected chi connectivity index (χ1v) is 11.6. The molecule has 1 aromatic carbocycles. The van der Waals surface area contributed by atoms with Gasteiger partial charge in [-0.3, -0.25) is 9.59 Å². The van der Waals surface area contributed by atoms with E-state index >= 15 is 0 Å². The average molecular weight is 467 g/mol. The van der Waals surface area contributed by atoms with E-state index in [2.05, 4.69) is 35.5 Å². The van der Waals surface area contributed by atoms with Crippen LogP contribution in [0.1, 0.15) is 51.5 Å². The number of carbonyl (C=O) groups is 2. The second-order valence-corrected chi connectivity index (χ2v) is 9.74. The normalized spacial score (nSPS) is 20.8. The molecule has 1 aliphatic heterocycles. The number of fused-ring (bicyclic) bond motifs is 1. The molecule has 0 saturated heterocycles. The van der Waals surface area contributed by atoms with E-state index in [9.17, 15) is 9.59 Å². The molecular formula is C25H27ClN4O3. The molecule has 2 aliphatic rings. The van der Waals surface area contributed by atoms with Crippen molar-refractivity contribution in [1.29, 1.82) is 5.26 Å². The van der Waals surface area contributed by atoms with E-state index in [1.165, 1.54) is 6.20 Å². The second kappa shape index (κ2) is 9.40. The fourth-order valence-corrected chi connectivity index (χ4v) is 4.88. The van der Waals surface area contributed by atoms with E-state index in [1.54, 1.807) is 6.07 Å². The standard InChI is InChI=1S/C25H27ClN4O3/c1-25(2)13-16-6-4-8-18(23(16)33-25)19-12-21(28-14-20(19)26)30-24(32)15-5-3-7-17(11-15)29-22(31)9-10-27/h4,6,8,12,14-15,17H,3,5,7,9,11,13H2,1-2H3,(H,29,31)(H,28,30,32). The Bertz CT molecular complexity index is 1130. The molecule has 4 rings (SSSR count). The highest BCUT2D eigenvalue weighted by molar-refractivity contribution is 6.33. The Morgan fingerprint density at radius 3 is 2.91 bits per heavy atom. The number of hydrogen-bond donors (Lipinski definition) is 2. The van der Waals surface area contributed by atoms with Gasteiger partial charge in [0.05, 0.1) is 11.1 Å². The quantitative estimate of drug-likeness (QED) is 0.667. The zero-order chi connectivity index (χ0) is 23.6. The summed E-state index contributed by atoms with van der Waals surface area (Å²) < 4.78 is 6.19.